The minimum Gasteiger partial charge on any atom is -0.496 e. The summed E-state index contributed by atoms with van der Waals surface area (Å²) in [6.45, 7) is 7.66. The number of nitrogen functional groups attached to an aromatic ring is 1. The number of aromatic nitrogens is 2. The molecule has 34 heavy (non-hydrogen) atoms. The molecule has 1 amide bonds. The lowest BCUT2D eigenvalue weighted by molar-refractivity contribution is 0.0711. The van der Waals surface area contributed by atoms with Crippen LogP contribution >= 0.6 is 23.1 Å². The smallest absolute Gasteiger partial charge is 0.257 e. The zero-order valence-corrected chi connectivity index (χ0v) is 21.6. The van der Waals surface area contributed by atoms with Crippen molar-refractivity contribution in [1.82, 2.24) is 14.9 Å². The number of likely N-dealkylation sites (tertiary alicyclic amines) is 1. The van der Waals surface area contributed by atoms with Gasteiger partial charge in [0.2, 0.25) is 5.89 Å². The van der Waals surface area contributed by atoms with Gasteiger partial charge in [0.05, 0.1) is 35.0 Å². The molecular weight excluding hydrogens is 470 g/mol. The number of nitrogens with zero attached hydrogens (tertiary/aromatic N) is 3. The van der Waals surface area contributed by atoms with Crippen molar-refractivity contribution in [2.24, 2.45) is 0 Å². The summed E-state index contributed by atoms with van der Waals surface area (Å²) in [5.74, 6) is 2.73. The molecule has 1 aromatic carbocycles. The minimum absolute atomic E-state index is 0.0423. The van der Waals surface area contributed by atoms with Crippen molar-refractivity contribution in [3.8, 4) is 5.75 Å². The van der Waals surface area contributed by atoms with E-state index < -0.39 is 0 Å². The van der Waals surface area contributed by atoms with Crippen LogP contribution in [0.4, 0.5) is 10.8 Å². The first kappa shape index (κ1) is 24.4. The van der Waals surface area contributed by atoms with Crippen LogP contribution in [0.2, 0.25) is 0 Å². The second kappa shape index (κ2) is 10.3. The van der Waals surface area contributed by atoms with Crippen molar-refractivity contribution in [2.45, 2.75) is 55.0 Å². The lowest BCUT2D eigenvalue weighted by Gasteiger charge is -2.33. The van der Waals surface area contributed by atoms with E-state index in [9.17, 15) is 4.79 Å². The SMILES string of the molecule is COc1cc(N)ccc1C(=O)N1CCC[C@@H](Nc2ncc(SCc3ncc(C(C)(C)C)o3)s2)C1. The number of hydrogen-bond acceptors (Lipinski definition) is 9. The molecule has 8 nitrogen and oxygen atoms in total. The number of methoxy groups -OCH3 is 1. The molecule has 0 bridgehead atoms. The number of rotatable bonds is 7. The summed E-state index contributed by atoms with van der Waals surface area (Å²) in [6, 6.07) is 5.29. The molecule has 3 aromatic rings. The summed E-state index contributed by atoms with van der Waals surface area (Å²) in [5, 5.41) is 4.36. The molecule has 3 N–H and O–H groups in total. The predicted molar refractivity (Wildman–Crippen MR) is 137 cm³/mol. The number of thiazole rings is 1. The average Bonchev–Trinajstić information content (AvgIpc) is 3.47. The van der Waals surface area contributed by atoms with Crippen LogP contribution in [0, 0.1) is 0 Å². The van der Waals surface area contributed by atoms with E-state index in [4.69, 9.17) is 14.9 Å². The molecule has 0 spiro atoms. The van der Waals surface area contributed by atoms with Gasteiger partial charge in [-0.05, 0) is 25.0 Å². The van der Waals surface area contributed by atoms with Crippen molar-refractivity contribution in [1.29, 1.82) is 0 Å². The van der Waals surface area contributed by atoms with Gasteiger partial charge >= 0.3 is 0 Å². The van der Waals surface area contributed by atoms with Crippen molar-refractivity contribution < 1.29 is 13.9 Å². The van der Waals surface area contributed by atoms with Gasteiger partial charge in [-0.3, -0.25) is 4.79 Å². The van der Waals surface area contributed by atoms with Crippen LogP contribution in [-0.4, -0.2) is 47.0 Å². The first-order valence-electron chi connectivity index (χ1n) is 11.3. The number of thioether (sulfide) groups is 1. The van der Waals surface area contributed by atoms with E-state index in [1.807, 2.05) is 17.3 Å². The van der Waals surface area contributed by atoms with Crippen LogP contribution in [-0.2, 0) is 11.2 Å². The first-order chi connectivity index (χ1) is 16.2. The quantitative estimate of drug-likeness (QED) is 0.343. The Bertz CT molecular complexity index is 1140. The van der Waals surface area contributed by atoms with E-state index in [0.29, 0.717) is 29.3 Å². The Morgan fingerprint density at radius 1 is 1.35 bits per heavy atom. The number of nitrogens with two attached hydrogens (primary N) is 1. The number of amides is 1. The van der Waals surface area contributed by atoms with Gasteiger partial charge in [-0.1, -0.05) is 32.1 Å². The van der Waals surface area contributed by atoms with Crippen molar-refractivity contribution in [2.75, 3.05) is 31.2 Å². The second-order valence-corrected chi connectivity index (χ2v) is 11.6. The summed E-state index contributed by atoms with van der Waals surface area (Å²) >= 11 is 3.27. The largest absolute Gasteiger partial charge is 0.496 e. The van der Waals surface area contributed by atoms with E-state index in [1.165, 1.54) is 0 Å². The van der Waals surface area contributed by atoms with Crippen LogP contribution in [0.25, 0.3) is 0 Å². The summed E-state index contributed by atoms with van der Waals surface area (Å²) in [4.78, 5) is 23.9. The zero-order chi connectivity index (χ0) is 24.3. The maximum Gasteiger partial charge on any atom is 0.257 e. The molecule has 0 unspecified atom stereocenters. The Morgan fingerprint density at radius 3 is 2.91 bits per heavy atom. The third-order valence-electron chi connectivity index (χ3n) is 5.61. The van der Waals surface area contributed by atoms with Crippen LogP contribution < -0.4 is 15.8 Å². The molecule has 4 rings (SSSR count). The number of hydrogen-bond donors (Lipinski definition) is 2. The molecule has 3 heterocycles. The highest BCUT2D eigenvalue weighted by Gasteiger charge is 2.27. The molecular formula is C24H31N5O3S2. The topological polar surface area (TPSA) is 107 Å². The Kier molecular flexibility index (Phi) is 7.37. The monoisotopic (exact) mass is 501 g/mol. The summed E-state index contributed by atoms with van der Waals surface area (Å²) in [6.07, 6.45) is 5.59. The molecule has 1 atom stereocenters. The lowest BCUT2D eigenvalue weighted by Crippen LogP contribution is -2.45. The summed E-state index contributed by atoms with van der Waals surface area (Å²) in [5.41, 5.74) is 6.89. The normalized spacial score (nSPS) is 16.5. The number of nitrogens with one attached hydrogen (secondary N) is 1. The number of oxazole rings is 1. The Labute approximate surface area is 208 Å². The molecule has 182 valence electrons. The van der Waals surface area contributed by atoms with Crippen LogP contribution in [0.1, 0.15) is 55.6 Å². The van der Waals surface area contributed by atoms with Gasteiger partial charge in [0.25, 0.3) is 5.91 Å². The van der Waals surface area contributed by atoms with Gasteiger partial charge < -0.3 is 25.1 Å². The Hall–Kier alpha value is -2.72. The number of ether oxygens (including phenoxy) is 1. The number of carbonyl (C=O) groups is 1. The fourth-order valence-corrected chi connectivity index (χ4v) is 5.56. The molecule has 1 saturated heterocycles. The van der Waals surface area contributed by atoms with Gasteiger partial charge in [-0.15, -0.1) is 11.8 Å². The molecule has 2 aromatic heterocycles. The molecule has 0 aliphatic carbocycles. The maximum atomic E-state index is 13.1. The number of carbonyl (C=O) groups excluding carboxylic acids is 1. The molecule has 1 aliphatic rings. The van der Waals surface area contributed by atoms with Gasteiger partial charge in [-0.2, -0.15) is 0 Å². The van der Waals surface area contributed by atoms with Crippen molar-refractivity contribution in [3.63, 3.8) is 0 Å². The fraction of sp³-hybridized carbons (Fsp3) is 0.458. The standard InChI is InChI=1S/C24H31N5O3S2/c1-24(2,3)19-11-26-20(32-19)14-33-21-12-27-23(34-21)28-16-6-5-9-29(13-16)22(30)17-8-7-15(25)10-18(17)31-4/h7-8,10-12,16H,5-6,9,13-14,25H2,1-4H3,(H,27,28)/t16-/m1/s1. The summed E-state index contributed by atoms with van der Waals surface area (Å²) < 4.78 is 12.3. The maximum absolute atomic E-state index is 13.1. The molecule has 1 aliphatic heterocycles. The van der Waals surface area contributed by atoms with E-state index >= 15 is 0 Å². The fourth-order valence-electron chi connectivity index (χ4n) is 3.76. The predicted octanol–water partition coefficient (Wildman–Crippen LogP) is 5.03. The average molecular weight is 502 g/mol. The first-order valence-corrected chi connectivity index (χ1v) is 13.1. The second-order valence-electron chi connectivity index (χ2n) is 9.34. The highest BCUT2D eigenvalue weighted by Crippen LogP contribution is 2.33. The van der Waals surface area contributed by atoms with Crippen molar-refractivity contribution in [3.05, 3.63) is 47.8 Å². The van der Waals surface area contributed by atoms with Crippen molar-refractivity contribution >= 4 is 39.8 Å². The molecule has 10 heteroatoms. The van der Waals surface area contributed by atoms with Crippen LogP contribution in [0.15, 0.2) is 39.2 Å². The number of anilines is 2. The van der Waals surface area contributed by atoms with E-state index in [2.05, 4.69) is 36.1 Å². The van der Waals surface area contributed by atoms with Gasteiger partial charge in [0.15, 0.2) is 5.13 Å². The highest BCUT2D eigenvalue weighted by molar-refractivity contribution is 8.00. The number of benzene rings is 1. The van der Waals surface area contributed by atoms with Crippen LogP contribution in [0.3, 0.4) is 0 Å². The number of piperidine rings is 1. The molecule has 0 saturated carbocycles. The van der Waals surface area contributed by atoms with Gasteiger partial charge in [0.1, 0.15) is 11.5 Å². The van der Waals surface area contributed by atoms with Crippen LogP contribution in [0.5, 0.6) is 5.75 Å². The Morgan fingerprint density at radius 2 is 2.18 bits per heavy atom. The van der Waals surface area contributed by atoms with Gasteiger partial charge in [-0.25, -0.2) is 9.97 Å². The van der Waals surface area contributed by atoms with E-state index in [0.717, 1.165) is 40.4 Å². The molecule has 1 fully saturated rings. The minimum atomic E-state index is -0.0498. The Balaban J connectivity index is 1.33. The summed E-state index contributed by atoms with van der Waals surface area (Å²) in [7, 11) is 1.55. The third-order valence-corrected chi connectivity index (χ3v) is 7.72. The zero-order valence-electron chi connectivity index (χ0n) is 20.0. The molecule has 0 radical (unpaired) electrons. The van der Waals surface area contributed by atoms with E-state index in [-0.39, 0.29) is 17.4 Å². The third kappa shape index (κ3) is 5.85. The van der Waals surface area contributed by atoms with Gasteiger partial charge in [0, 0.05) is 36.3 Å². The van der Waals surface area contributed by atoms with E-state index in [1.54, 1.807) is 48.4 Å². The highest BCUT2D eigenvalue weighted by atomic mass is 32.2. The lowest BCUT2D eigenvalue weighted by atomic mass is 9.94.